The summed E-state index contributed by atoms with van der Waals surface area (Å²) in [6, 6.07) is 0.310. The molecule has 0 saturated heterocycles. The van der Waals surface area contributed by atoms with E-state index in [0.717, 1.165) is 11.3 Å². The molecule has 0 N–H and O–H groups in total. The van der Waals surface area contributed by atoms with E-state index >= 15 is 0 Å². The highest BCUT2D eigenvalue weighted by Crippen LogP contribution is 2.24. The van der Waals surface area contributed by atoms with Crippen LogP contribution in [0.3, 0.4) is 0 Å². The maximum Gasteiger partial charge on any atom is 0.161 e. The lowest BCUT2D eigenvalue weighted by Crippen LogP contribution is -2.01. The maximum absolute atomic E-state index is 11.4. The van der Waals surface area contributed by atoms with Gasteiger partial charge in [-0.2, -0.15) is 0 Å². The van der Waals surface area contributed by atoms with Gasteiger partial charge >= 0.3 is 0 Å². The summed E-state index contributed by atoms with van der Waals surface area (Å²) in [5.41, 5.74) is 2.56. The number of carbonyl (C=O) groups is 1. The molecule has 0 spiro atoms. The van der Waals surface area contributed by atoms with Crippen molar-refractivity contribution >= 4 is 17.9 Å². The molecule has 0 saturated carbocycles. The van der Waals surface area contributed by atoms with E-state index in [1.54, 1.807) is 19.1 Å². The van der Waals surface area contributed by atoms with Crippen LogP contribution in [-0.4, -0.2) is 10.4 Å². The maximum atomic E-state index is 11.4. The third kappa shape index (κ3) is 2.32. The molecule has 0 atom stereocenters. The molecule has 0 unspecified atom stereocenters. The third-order valence-electron chi connectivity index (χ3n) is 2.45. The standard InChI is InChI=1S/C13H17NO.CH4/c1-6-11-12(10(5)15)8-14(9(3)4)13(11)7-2;/h6-9H,1-2H2,3-5H3;1H4. The number of rotatable bonds is 4. The first-order valence-electron chi connectivity index (χ1n) is 5.03. The van der Waals surface area contributed by atoms with Crippen LogP contribution in [0.2, 0.25) is 0 Å². The van der Waals surface area contributed by atoms with Crippen LogP contribution in [-0.2, 0) is 0 Å². The second-order valence-electron chi connectivity index (χ2n) is 3.81. The van der Waals surface area contributed by atoms with Gasteiger partial charge in [-0.15, -0.1) is 0 Å². The summed E-state index contributed by atoms with van der Waals surface area (Å²) in [4.78, 5) is 11.4. The van der Waals surface area contributed by atoms with E-state index in [1.807, 2.05) is 10.8 Å². The number of aromatic nitrogens is 1. The first kappa shape index (κ1) is 14.4. The van der Waals surface area contributed by atoms with E-state index in [1.165, 1.54) is 0 Å². The molecule has 0 aromatic carbocycles. The predicted molar refractivity (Wildman–Crippen MR) is 71.7 cm³/mol. The molecule has 0 aliphatic heterocycles. The highest BCUT2D eigenvalue weighted by atomic mass is 16.1. The summed E-state index contributed by atoms with van der Waals surface area (Å²) < 4.78 is 2.04. The van der Waals surface area contributed by atoms with Crippen molar-refractivity contribution in [2.75, 3.05) is 0 Å². The molecule has 0 radical (unpaired) electrons. The van der Waals surface area contributed by atoms with E-state index in [-0.39, 0.29) is 13.2 Å². The number of carbonyl (C=O) groups excluding carboxylic acids is 1. The Bertz CT molecular complexity index is 411. The first-order chi connectivity index (χ1) is 7.02. The summed E-state index contributed by atoms with van der Waals surface area (Å²) >= 11 is 0. The Balaban J connectivity index is 0.00000225. The van der Waals surface area contributed by atoms with Gasteiger partial charge in [-0.1, -0.05) is 26.7 Å². The second-order valence-corrected chi connectivity index (χ2v) is 3.81. The topological polar surface area (TPSA) is 22.0 Å². The monoisotopic (exact) mass is 219 g/mol. The van der Waals surface area contributed by atoms with Crippen molar-refractivity contribution < 1.29 is 4.79 Å². The molecular formula is C14H21NO. The lowest BCUT2D eigenvalue weighted by atomic mass is 10.1. The summed E-state index contributed by atoms with van der Waals surface area (Å²) in [7, 11) is 0. The quantitative estimate of drug-likeness (QED) is 0.696. The third-order valence-corrected chi connectivity index (χ3v) is 2.45. The van der Waals surface area contributed by atoms with E-state index in [2.05, 4.69) is 27.0 Å². The minimum absolute atomic E-state index is 0. The highest BCUT2D eigenvalue weighted by Gasteiger charge is 2.15. The fraction of sp³-hybridized carbons (Fsp3) is 0.357. The second kappa shape index (κ2) is 5.50. The van der Waals surface area contributed by atoms with Crippen molar-refractivity contribution in [2.45, 2.75) is 34.2 Å². The highest BCUT2D eigenvalue weighted by molar-refractivity contribution is 5.98. The lowest BCUT2D eigenvalue weighted by Gasteiger charge is -2.10. The zero-order chi connectivity index (χ0) is 11.6. The van der Waals surface area contributed by atoms with Crippen LogP contribution in [0, 0.1) is 0 Å². The van der Waals surface area contributed by atoms with Gasteiger partial charge in [0.05, 0.1) is 0 Å². The van der Waals surface area contributed by atoms with Crippen molar-refractivity contribution in [1.82, 2.24) is 4.57 Å². The Labute approximate surface area is 98.3 Å². The summed E-state index contributed by atoms with van der Waals surface area (Å²) in [5, 5.41) is 0. The molecule has 88 valence electrons. The lowest BCUT2D eigenvalue weighted by molar-refractivity contribution is 0.101. The van der Waals surface area contributed by atoms with Crippen molar-refractivity contribution in [2.24, 2.45) is 0 Å². The Morgan fingerprint density at radius 1 is 1.38 bits per heavy atom. The van der Waals surface area contributed by atoms with Crippen LogP contribution in [0.1, 0.15) is 55.9 Å². The molecule has 0 aliphatic rings. The summed E-state index contributed by atoms with van der Waals surface area (Å²) in [6.07, 6.45) is 5.36. The van der Waals surface area contributed by atoms with Gasteiger partial charge in [0, 0.05) is 29.1 Å². The molecule has 1 aromatic heterocycles. The molecule has 0 bridgehead atoms. The van der Waals surface area contributed by atoms with E-state index < -0.39 is 0 Å². The summed E-state index contributed by atoms with van der Waals surface area (Å²) in [6.45, 7) is 13.2. The fourth-order valence-electron chi connectivity index (χ4n) is 1.69. The van der Waals surface area contributed by atoms with Gasteiger partial charge in [0.1, 0.15) is 0 Å². The zero-order valence-corrected chi connectivity index (χ0v) is 9.58. The Hall–Kier alpha value is -1.57. The van der Waals surface area contributed by atoms with Gasteiger partial charge in [0.2, 0.25) is 0 Å². The first-order valence-corrected chi connectivity index (χ1v) is 5.03. The van der Waals surface area contributed by atoms with Gasteiger partial charge in [-0.05, 0) is 26.8 Å². The average molecular weight is 219 g/mol. The van der Waals surface area contributed by atoms with Crippen LogP contribution in [0.5, 0.6) is 0 Å². The molecule has 1 aromatic rings. The molecule has 1 heterocycles. The van der Waals surface area contributed by atoms with Crippen molar-refractivity contribution in [1.29, 1.82) is 0 Å². The van der Waals surface area contributed by atoms with Gasteiger partial charge < -0.3 is 4.57 Å². The predicted octanol–water partition coefficient (Wildman–Crippen LogP) is 4.19. The Kier molecular flexibility index (Phi) is 4.96. The smallest absolute Gasteiger partial charge is 0.161 e. The molecule has 2 nitrogen and oxygen atoms in total. The van der Waals surface area contributed by atoms with Crippen molar-refractivity contribution in [3.63, 3.8) is 0 Å². The number of Topliss-reactive ketones (excluding diaryl/α,β-unsaturated/α-hetero) is 1. The fourth-order valence-corrected chi connectivity index (χ4v) is 1.69. The molecule has 1 rings (SSSR count). The SMILES string of the molecule is C.C=Cc1c(C(C)=O)cn(C(C)C)c1C=C. The van der Waals surface area contributed by atoms with Gasteiger partial charge in [0.25, 0.3) is 0 Å². The summed E-state index contributed by atoms with van der Waals surface area (Å²) in [5.74, 6) is 0.0624. The molecule has 0 amide bonds. The minimum Gasteiger partial charge on any atom is -0.344 e. The van der Waals surface area contributed by atoms with Crippen LogP contribution >= 0.6 is 0 Å². The van der Waals surface area contributed by atoms with Gasteiger partial charge in [0.15, 0.2) is 5.78 Å². The van der Waals surface area contributed by atoms with Crippen LogP contribution in [0.15, 0.2) is 19.4 Å². The molecule has 2 heteroatoms. The number of hydrogen-bond donors (Lipinski definition) is 0. The van der Waals surface area contributed by atoms with Gasteiger partial charge in [-0.25, -0.2) is 0 Å². The minimum atomic E-state index is 0. The Morgan fingerprint density at radius 2 is 1.94 bits per heavy atom. The normalized spacial score (nSPS) is 9.75. The Morgan fingerprint density at radius 3 is 2.25 bits per heavy atom. The van der Waals surface area contributed by atoms with Crippen molar-refractivity contribution in [3.05, 3.63) is 36.2 Å². The number of ketones is 1. The van der Waals surface area contributed by atoms with E-state index in [9.17, 15) is 4.79 Å². The number of nitrogens with zero attached hydrogens (tertiary/aromatic N) is 1. The van der Waals surface area contributed by atoms with Crippen molar-refractivity contribution in [3.8, 4) is 0 Å². The van der Waals surface area contributed by atoms with E-state index in [4.69, 9.17) is 0 Å². The molecule has 0 aliphatic carbocycles. The van der Waals surface area contributed by atoms with Crippen LogP contribution < -0.4 is 0 Å². The number of hydrogen-bond acceptors (Lipinski definition) is 1. The average Bonchev–Trinajstić information content (AvgIpc) is 2.55. The molecule has 0 fully saturated rings. The molecular weight excluding hydrogens is 198 g/mol. The van der Waals surface area contributed by atoms with Gasteiger partial charge in [-0.3, -0.25) is 4.79 Å². The van der Waals surface area contributed by atoms with Crippen LogP contribution in [0.4, 0.5) is 0 Å². The van der Waals surface area contributed by atoms with Crippen LogP contribution in [0.25, 0.3) is 12.2 Å². The largest absolute Gasteiger partial charge is 0.344 e. The van der Waals surface area contributed by atoms with E-state index in [0.29, 0.717) is 11.6 Å². The molecule has 16 heavy (non-hydrogen) atoms. The zero-order valence-electron chi connectivity index (χ0n) is 9.58.